The molecule has 5 nitrogen and oxygen atoms in total. The lowest BCUT2D eigenvalue weighted by Gasteiger charge is -2.42. The number of thiophene rings is 1. The predicted octanol–water partition coefficient (Wildman–Crippen LogP) is 11.1. The number of para-hydroxylation sites is 2. The molecule has 4 atom stereocenters. The summed E-state index contributed by atoms with van der Waals surface area (Å²) in [7, 11) is 0. The summed E-state index contributed by atoms with van der Waals surface area (Å²) in [6.45, 7) is 0. The molecule has 9 aromatic rings. The van der Waals surface area contributed by atoms with Gasteiger partial charge in [-0.1, -0.05) is 121 Å². The summed E-state index contributed by atoms with van der Waals surface area (Å²) in [6, 6.07) is 47.4. The van der Waals surface area contributed by atoms with E-state index < -0.39 is 0 Å². The van der Waals surface area contributed by atoms with Crippen molar-refractivity contribution < 1.29 is 8.83 Å². The van der Waals surface area contributed by atoms with Crippen molar-refractivity contribution in [1.82, 2.24) is 16.0 Å². The van der Waals surface area contributed by atoms with Gasteiger partial charge in [-0.25, -0.2) is 0 Å². The van der Waals surface area contributed by atoms with Crippen LogP contribution in [0.5, 0.6) is 0 Å². The molecular weight excluding hydrogens is 647 g/mol. The van der Waals surface area contributed by atoms with Crippen LogP contribution in [-0.4, -0.2) is 6.17 Å². The number of hydrogen-bond donors (Lipinski definition) is 3. The van der Waals surface area contributed by atoms with Crippen molar-refractivity contribution in [2.24, 2.45) is 5.92 Å². The minimum absolute atomic E-state index is 0.0212. The fraction of sp³-hybridized carbons (Fsp3) is 0.111. The molecule has 0 spiro atoms. The lowest BCUT2D eigenvalue weighted by molar-refractivity contribution is 0.167. The van der Waals surface area contributed by atoms with Crippen LogP contribution in [0.15, 0.2) is 148 Å². The summed E-state index contributed by atoms with van der Waals surface area (Å²) in [5.74, 6) is 1.23. The summed E-state index contributed by atoms with van der Waals surface area (Å²) in [5.41, 5.74) is 8.62. The Hall–Kier alpha value is -5.50. The van der Waals surface area contributed by atoms with Crippen molar-refractivity contribution in [3.63, 3.8) is 0 Å². The van der Waals surface area contributed by atoms with Crippen LogP contribution in [0.1, 0.15) is 34.8 Å². The Morgan fingerprint density at radius 1 is 0.588 bits per heavy atom. The topological polar surface area (TPSA) is 62.4 Å². The van der Waals surface area contributed by atoms with Crippen molar-refractivity contribution in [2.75, 3.05) is 0 Å². The van der Waals surface area contributed by atoms with Gasteiger partial charge in [0.25, 0.3) is 0 Å². The molecule has 3 N–H and O–H groups in total. The third-order valence-electron chi connectivity index (χ3n) is 10.8. The lowest BCUT2D eigenvalue weighted by atomic mass is 9.90. The zero-order chi connectivity index (χ0) is 33.5. The molecule has 6 aromatic carbocycles. The highest BCUT2D eigenvalue weighted by Gasteiger charge is 2.35. The minimum Gasteiger partial charge on any atom is -0.460 e. The molecule has 4 unspecified atom stereocenters. The standard InChI is InChI=1S/C45H33N3O2S/c1-2-10-26(11-3-1)43-46-44(28-21-23-31-30-12-4-6-18-37(30)49-38(31)25-28)48-45(47-43)36-17-9-15-34-32-22-20-27(24-39(32)50-41(34)36)29-14-8-16-35-33-13-5-7-19-40(33)51-42(29)35/h1-24,28,43-48H,25H2. The van der Waals surface area contributed by atoms with Crippen molar-refractivity contribution in [3.05, 3.63) is 162 Å². The van der Waals surface area contributed by atoms with E-state index in [1.165, 1.54) is 42.2 Å². The molecule has 246 valence electrons. The second kappa shape index (κ2) is 11.5. The normalized spacial score (nSPS) is 20.5. The van der Waals surface area contributed by atoms with Gasteiger partial charge in [-0.3, -0.25) is 16.0 Å². The van der Waals surface area contributed by atoms with Crippen LogP contribution < -0.4 is 16.0 Å². The Kier molecular flexibility index (Phi) is 6.61. The predicted molar refractivity (Wildman–Crippen MR) is 210 cm³/mol. The first kappa shape index (κ1) is 29.3. The maximum Gasteiger partial charge on any atom is 0.141 e. The summed E-state index contributed by atoms with van der Waals surface area (Å²) in [6.07, 6.45) is 5.13. The van der Waals surface area contributed by atoms with Crippen molar-refractivity contribution >= 4 is 70.5 Å². The Balaban J connectivity index is 0.983. The Morgan fingerprint density at radius 2 is 1.37 bits per heavy atom. The van der Waals surface area contributed by atoms with Crippen LogP contribution in [0.2, 0.25) is 0 Å². The van der Waals surface area contributed by atoms with Crippen LogP contribution >= 0.6 is 11.3 Å². The Morgan fingerprint density at radius 3 is 2.31 bits per heavy atom. The Bertz CT molecular complexity index is 2810. The first-order valence-corrected chi connectivity index (χ1v) is 18.4. The molecule has 51 heavy (non-hydrogen) atoms. The maximum atomic E-state index is 6.85. The SMILES string of the molecule is C1=CC(C2NC(c3ccccc3)NC(c3cccc4c3oc3cc(-c5cccc6c5sc5ccccc56)ccc34)N2)Cc2oc3ccccc3c21. The van der Waals surface area contributed by atoms with Crippen LogP contribution in [0.3, 0.4) is 0 Å². The van der Waals surface area contributed by atoms with E-state index in [1.54, 1.807) is 0 Å². The maximum absolute atomic E-state index is 6.85. The summed E-state index contributed by atoms with van der Waals surface area (Å²) >= 11 is 1.86. The highest BCUT2D eigenvalue weighted by atomic mass is 32.1. The third kappa shape index (κ3) is 4.72. The van der Waals surface area contributed by atoms with Gasteiger partial charge in [-0.05, 0) is 41.0 Å². The van der Waals surface area contributed by atoms with Gasteiger partial charge in [0.15, 0.2) is 0 Å². The van der Waals surface area contributed by atoms with Gasteiger partial charge in [0.05, 0.1) is 18.5 Å². The zero-order valence-corrected chi connectivity index (χ0v) is 28.4. The van der Waals surface area contributed by atoms with Crippen molar-refractivity contribution in [3.8, 4) is 11.1 Å². The highest BCUT2D eigenvalue weighted by molar-refractivity contribution is 7.26. The molecule has 0 saturated carbocycles. The van der Waals surface area contributed by atoms with Crippen molar-refractivity contribution in [2.45, 2.75) is 24.9 Å². The quantitative estimate of drug-likeness (QED) is 0.173. The molecule has 2 aliphatic rings. The van der Waals surface area contributed by atoms with Gasteiger partial charge in [-0.15, -0.1) is 11.3 Å². The number of furan rings is 2. The van der Waals surface area contributed by atoms with Crippen LogP contribution in [0.4, 0.5) is 0 Å². The van der Waals surface area contributed by atoms with E-state index in [9.17, 15) is 0 Å². The van der Waals surface area contributed by atoms with Gasteiger partial charge in [0.2, 0.25) is 0 Å². The third-order valence-corrected chi connectivity index (χ3v) is 12.0. The monoisotopic (exact) mass is 679 g/mol. The van der Waals surface area contributed by atoms with Gasteiger partial charge in [0.1, 0.15) is 22.5 Å². The summed E-state index contributed by atoms with van der Waals surface area (Å²) < 4.78 is 15.8. The van der Waals surface area contributed by atoms with Gasteiger partial charge >= 0.3 is 0 Å². The van der Waals surface area contributed by atoms with E-state index in [0.717, 1.165) is 50.8 Å². The van der Waals surface area contributed by atoms with Crippen LogP contribution in [0, 0.1) is 5.92 Å². The molecule has 1 fully saturated rings. The molecule has 4 heterocycles. The lowest BCUT2D eigenvalue weighted by Crippen LogP contribution is -2.61. The second-order valence-corrected chi connectivity index (χ2v) is 14.8. The average Bonchev–Trinajstić information content (AvgIpc) is 3.88. The van der Waals surface area contributed by atoms with Gasteiger partial charge in [0, 0.05) is 59.8 Å². The van der Waals surface area contributed by atoms with E-state index in [-0.39, 0.29) is 24.4 Å². The molecule has 6 heteroatoms. The minimum atomic E-state index is -0.164. The second-order valence-electron chi connectivity index (χ2n) is 13.7. The number of hydrogen-bond acceptors (Lipinski definition) is 6. The van der Waals surface area contributed by atoms with E-state index >= 15 is 0 Å². The number of nitrogens with one attached hydrogen (secondary N) is 3. The van der Waals surface area contributed by atoms with E-state index in [1.807, 2.05) is 17.4 Å². The average molecular weight is 680 g/mol. The summed E-state index contributed by atoms with van der Waals surface area (Å²) in [4.78, 5) is 0. The fourth-order valence-electron chi connectivity index (χ4n) is 8.31. The highest BCUT2D eigenvalue weighted by Crippen LogP contribution is 2.42. The largest absolute Gasteiger partial charge is 0.460 e. The molecule has 1 aliphatic carbocycles. The number of rotatable bonds is 4. The van der Waals surface area contributed by atoms with E-state index in [0.29, 0.717) is 0 Å². The molecule has 0 radical (unpaired) electrons. The molecule has 0 bridgehead atoms. The van der Waals surface area contributed by atoms with Crippen LogP contribution in [0.25, 0.3) is 70.3 Å². The molecule has 1 saturated heterocycles. The fourth-order valence-corrected chi connectivity index (χ4v) is 9.54. The first-order valence-electron chi connectivity index (χ1n) is 17.6. The molecule has 0 amide bonds. The first-order chi connectivity index (χ1) is 25.2. The Labute approximate surface area is 298 Å². The number of benzene rings is 6. The smallest absolute Gasteiger partial charge is 0.141 e. The number of fused-ring (bicyclic) bond motifs is 9. The van der Waals surface area contributed by atoms with E-state index in [4.69, 9.17) is 8.83 Å². The summed E-state index contributed by atoms with van der Waals surface area (Å²) in [5, 5.41) is 17.7. The van der Waals surface area contributed by atoms with Gasteiger partial charge < -0.3 is 8.83 Å². The molecule has 3 aromatic heterocycles. The van der Waals surface area contributed by atoms with Crippen molar-refractivity contribution in [1.29, 1.82) is 0 Å². The molecule has 1 aliphatic heterocycles. The van der Waals surface area contributed by atoms with E-state index in [2.05, 4.69) is 155 Å². The van der Waals surface area contributed by atoms with Gasteiger partial charge in [-0.2, -0.15) is 0 Å². The molecule has 11 rings (SSSR count). The molecular formula is C45H33N3O2S. The zero-order valence-electron chi connectivity index (χ0n) is 27.6. The van der Waals surface area contributed by atoms with Crippen LogP contribution in [-0.2, 0) is 6.42 Å².